The number of hydrogen-bond acceptors (Lipinski definition) is 24. The van der Waals surface area contributed by atoms with Gasteiger partial charge in [0.05, 0.1) is 38.6 Å². The molecule has 0 saturated heterocycles. The Hall–Kier alpha value is -11.9. The van der Waals surface area contributed by atoms with E-state index in [9.17, 15) is 0 Å². The van der Waals surface area contributed by atoms with Crippen LogP contribution in [0, 0.1) is 20.8 Å². The van der Waals surface area contributed by atoms with Gasteiger partial charge < -0.3 is 27.8 Å². The molecule has 0 unspecified atom stereocenters. The molecule has 0 aliphatic heterocycles. The summed E-state index contributed by atoms with van der Waals surface area (Å²) in [5, 5.41) is 41.1. The lowest BCUT2D eigenvalue weighted by atomic mass is 10.1. The molecule has 0 N–H and O–H groups in total. The molecule has 27 heteroatoms. The third-order valence-electron chi connectivity index (χ3n) is 15.0. The molecule has 6 aromatic carbocycles. The summed E-state index contributed by atoms with van der Waals surface area (Å²) in [6, 6.07) is 58.8. The van der Waals surface area contributed by atoms with Crippen LogP contribution < -0.4 is 14.2 Å². The Morgan fingerprint density at radius 3 is 0.798 bits per heavy atom. The predicted molar refractivity (Wildman–Crippen MR) is 376 cm³/mol. The van der Waals surface area contributed by atoms with Crippen molar-refractivity contribution in [3.63, 3.8) is 0 Å². The minimum absolute atomic E-state index is 0.462. The summed E-state index contributed by atoms with van der Waals surface area (Å²) in [6.07, 6.45) is 10.4. The molecule has 0 radical (unpaired) electrons. The summed E-state index contributed by atoms with van der Waals surface area (Å²) in [4.78, 5) is 25.9. The van der Waals surface area contributed by atoms with E-state index < -0.39 is 0 Å². The zero-order chi connectivity index (χ0) is 67.9. The number of methoxy groups -OCH3 is 3. The number of pyridine rings is 3. The van der Waals surface area contributed by atoms with Gasteiger partial charge >= 0.3 is 0 Å². The van der Waals surface area contributed by atoms with Crippen LogP contribution in [0.5, 0.6) is 17.2 Å². The highest BCUT2D eigenvalue weighted by Crippen LogP contribution is 2.35. The van der Waals surface area contributed by atoms with Crippen LogP contribution in [-0.2, 0) is 17.3 Å². The van der Waals surface area contributed by atoms with Gasteiger partial charge in [0.25, 0.3) is 0 Å². The fraction of sp³-hybridized carbons (Fsp3) is 0.125. The SMILES string of the molecule is COc1ccc(-n2c(SCc3nc(-c4ccc(C)cc4)no3)nnc2-c2ccncc2)cc1.COc1ccc(-n2c(SCc3nc(-c4ccc(C)cc4)no3)nnc2-c2ccncc2)cc1.COc1ccc(-n2c(SCc3nc(-c4ccc(C)cc4)no3)nnc2-c2ccncc2)cc1. The Bertz CT molecular complexity index is 4550. The van der Waals surface area contributed by atoms with Crippen molar-refractivity contribution in [2.24, 2.45) is 0 Å². The molecule has 0 amide bonds. The maximum atomic E-state index is 5.47. The van der Waals surface area contributed by atoms with Crippen molar-refractivity contribution >= 4 is 35.3 Å². The Labute approximate surface area is 580 Å². The zero-order valence-electron chi connectivity index (χ0n) is 54.1. The van der Waals surface area contributed by atoms with E-state index in [1.165, 1.54) is 52.0 Å². The van der Waals surface area contributed by atoms with Crippen LogP contribution in [0.15, 0.2) is 248 Å². The van der Waals surface area contributed by atoms with Gasteiger partial charge in [0.2, 0.25) is 35.1 Å². The first-order valence-electron chi connectivity index (χ1n) is 30.7. The van der Waals surface area contributed by atoms with E-state index in [-0.39, 0.29) is 0 Å². The first kappa shape index (κ1) is 65.7. The van der Waals surface area contributed by atoms with Crippen molar-refractivity contribution in [1.29, 1.82) is 0 Å². The maximum Gasteiger partial charge on any atom is 0.237 e. The Morgan fingerprint density at radius 1 is 0.303 bits per heavy atom. The molecule has 0 aliphatic rings. The van der Waals surface area contributed by atoms with Crippen LogP contribution in [0.25, 0.3) is 85.4 Å². The fourth-order valence-corrected chi connectivity index (χ4v) is 12.2. The number of ether oxygens (including phenoxy) is 3. The molecule has 0 bridgehead atoms. The van der Waals surface area contributed by atoms with Crippen LogP contribution in [0.1, 0.15) is 34.4 Å². The second kappa shape index (κ2) is 31.3. The monoisotopic (exact) mass is 1370 g/mol. The van der Waals surface area contributed by atoms with E-state index in [1.54, 1.807) is 58.5 Å². The van der Waals surface area contributed by atoms with Crippen LogP contribution >= 0.6 is 35.3 Å². The Balaban J connectivity index is 0.000000133. The number of aromatic nitrogens is 18. The van der Waals surface area contributed by atoms with E-state index in [0.29, 0.717) is 67.9 Å². The molecule has 0 atom stereocenters. The third kappa shape index (κ3) is 16.0. The molecule has 9 heterocycles. The topological polar surface area (TPSA) is 275 Å². The summed E-state index contributed by atoms with van der Waals surface area (Å²) >= 11 is 4.43. The molecule has 0 saturated carbocycles. The number of benzene rings is 6. The lowest BCUT2D eigenvalue weighted by Gasteiger charge is -2.10. The smallest absolute Gasteiger partial charge is 0.237 e. The van der Waals surface area contributed by atoms with Crippen molar-refractivity contribution < 1.29 is 27.8 Å². The van der Waals surface area contributed by atoms with Crippen molar-refractivity contribution in [3.8, 4) is 103 Å². The second-order valence-corrected chi connectivity index (χ2v) is 24.6. The molecule has 15 rings (SSSR count). The molecule has 492 valence electrons. The van der Waals surface area contributed by atoms with E-state index in [0.717, 1.165) is 85.2 Å². The van der Waals surface area contributed by atoms with Gasteiger partial charge in [-0.2, -0.15) is 15.0 Å². The van der Waals surface area contributed by atoms with Gasteiger partial charge in [-0.05, 0) is 130 Å². The molecule has 99 heavy (non-hydrogen) atoms. The maximum absolute atomic E-state index is 5.47. The lowest BCUT2D eigenvalue weighted by Crippen LogP contribution is -2.00. The number of hydrogen-bond donors (Lipinski definition) is 0. The first-order chi connectivity index (χ1) is 48.6. The molecule has 0 aliphatic carbocycles. The van der Waals surface area contributed by atoms with Gasteiger partial charge in [0.15, 0.2) is 32.9 Å². The number of rotatable bonds is 21. The van der Waals surface area contributed by atoms with Crippen LogP contribution in [0.4, 0.5) is 0 Å². The highest BCUT2D eigenvalue weighted by Gasteiger charge is 2.22. The van der Waals surface area contributed by atoms with Crippen LogP contribution in [0.2, 0.25) is 0 Å². The molecular weight excluding hydrogens is 1310 g/mol. The molecule has 24 nitrogen and oxygen atoms in total. The molecular formula is C72H60N18O6S3. The van der Waals surface area contributed by atoms with Gasteiger partial charge in [-0.15, -0.1) is 30.6 Å². The van der Waals surface area contributed by atoms with Crippen molar-refractivity contribution in [2.75, 3.05) is 21.3 Å². The minimum Gasteiger partial charge on any atom is -0.497 e. The first-order valence-corrected chi connectivity index (χ1v) is 33.7. The lowest BCUT2D eigenvalue weighted by molar-refractivity contribution is 0.391. The predicted octanol–water partition coefficient (Wildman–Crippen LogP) is 15.0. The highest BCUT2D eigenvalue weighted by molar-refractivity contribution is 7.98. The Kier molecular flexibility index (Phi) is 20.8. The largest absolute Gasteiger partial charge is 0.497 e. The summed E-state index contributed by atoms with van der Waals surface area (Å²) in [6.45, 7) is 6.13. The molecule has 0 fully saturated rings. The molecule has 0 spiro atoms. The van der Waals surface area contributed by atoms with E-state index in [1.807, 2.05) is 216 Å². The van der Waals surface area contributed by atoms with Crippen LogP contribution in [0.3, 0.4) is 0 Å². The Morgan fingerprint density at radius 2 is 0.556 bits per heavy atom. The number of nitrogens with zero attached hydrogens (tertiary/aromatic N) is 18. The third-order valence-corrected chi connectivity index (χ3v) is 17.8. The van der Waals surface area contributed by atoms with Gasteiger partial charge in [-0.3, -0.25) is 28.7 Å². The fourth-order valence-electron chi connectivity index (χ4n) is 9.83. The molecule has 15 aromatic rings. The van der Waals surface area contributed by atoms with Gasteiger partial charge in [-0.25, -0.2) is 0 Å². The van der Waals surface area contributed by atoms with Crippen molar-refractivity contribution in [3.05, 3.63) is 254 Å². The minimum atomic E-state index is 0.462. The van der Waals surface area contributed by atoms with Gasteiger partial charge in [0.1, 0.15) is 17.2 Å². The zero-order valence-corrected chi connectivity index (χ0v) is 56.6. The number of thioether (sulfide) groups is 3. The van der Waals surface area contributed by atoms with Crippen molar-refractivity contribution in [2.45, 2.75) is 53.5 Å². The summed E-state index contributed by atoms with van der Waals surface area (Å²) in [7, 11) is 4.94. The highest BCUT2D eigenvalue weighted by atomic mass is 32.2. The van der Waals surface area contributed by atoms with E-state index >= 15 is 0 Å². The summed E-state index contributed by atoms with van der Waals surface area (Å²) in [5.41, 5.74) is 11.8. The van der Waals surface area contributed by atoms with Gasteiger partial charge in [0, 0.05) is 87.6 Å². The van der Waals surface area contributed by atoms with Crippen LogP contribution in [-0.4, -0.2) is 111 Å². The second-order valence-electron chi connectivity index (χ2n) is 21.7. The number of aryl methyl sites for hydroxylation is 3. The average molecular weight is 1370 g/mol. The van der Waals surface area contributed by atoms with Gasteiger partial charge in [-0.1, -0.05) is 140 Å². The summed E-state index contributed by atoms with van der Waals surface area (Å²) < 4.78 is 38.3. The average Bonchev–Trinajstić information content (AvgIpc) is 1.76. The molecule has 9 aromatic heterocycles. The van der Waals surface area contributed by atoms with Crippen molar-refractivity contribution in [1.82, 2.24) is 89.7 Å². The van der Waals surface area contributed by atoms with E-state index in [2.05, 4.69) is 76.0 Å². The normalized spacial score (nSPS) is 11.0. The standard InChI is InChI=1S/3C24H20N6O2S/c3*1-16-3-5-17(6-4-16)22-26-21(32-29-22)15-33-24-28-27-23(18-11-13-25-14-12-18)30(24)19-7-9-20(31-2)10-8-19/h3*3-14H,15H2,1-2H3. The van der Waals surface area contributed by atoms with E-state index in [4.69, 9.17) is 27.8 Å². The summed E-state index contributed by atoms with van der Waals surface area (Å²) in [5.74, 6) is 9.14. The quantitative estimate of drug-likeness (QED) is 0.0604.